The number of halogens is 3. The Morgan fingerprint density at radius 2 is 1.67 bits per heavy atom. The third-order valence-corrected chi connectivity index (χ3v) is 6.82. The van der Waals surface area contributed by atoms with Crippen molar-refractivity contribution in [2.24, 2.45) is 5.92 Å². The van der Waals surface area contributed by atoms with Gasteiger partial charge in [0.05, 0.1) is 9.77 Å². The highest BCUT2D eigenvalue weighted by molar-refractivity contribution is 7.93. The van der Waals surface area contributed by atoms with Gasteiger partial charge in [0.25, 0.3) is 0 Å². The van der Waals surface area contributed by atoms with Crippen LogP contribution >= 0.6 is 0 Å². The summed E-state index contributed by atoms with van der Waals surface area (Å²) in [6.07, 6.45) is -1.75. The lowest BCUT2D eigenvalue weighted by Gasteiger charge is -2.46. The van der Waals surface area contributed by atoms with Crippen LogP contribution in [0.1, 0.15) is 40.5 Å². The smallest absolute Gasteiger partial charge is 0.307 e. The van der Waals surface area contributed by atoms with E-state index in [4.69, 9.17) is 0 Å². The van der Waals surface area contributed by atoms with Crippen molar-refractivity contribution >= 4 is 25.2 Å². The van der Waals surface area contributed by atoms with Gasteiger partial charge in [-0.25, -0.2) is 13.1 Å². The number of sulfonamides is 1. The predicted octanol–water partition coefficient (Wildman–Crippen LogP) is 1.90. The second-order valence-electron chi connectivity index (χ2n) is 8.16. The second kappa shape index (κ2) is 7.02. The molecule has 11 heteroatoms. The number of nitrogens with one attached hydrogen (secondary N) is 2. The standard InChI is InChI=1S/C16H23F3N2O4S2/c1-14(2)8-10(9-15(3,4)21-14)20-27(24,25)12-7-5-6-11(26(22)23)13(12)16(17,18)19/h5-7,10,13,20-21H,8-9H2,1-4H3. The zero-order valence-corrected chi connectivity index (χ0v) is 17.0. The molecule has 6 nitrogen and oxygen atoms in total. The monoisotopic (exact) mass is 428 g/mol. The Bertz CT molecular complexity index is 890. The summed E-state index contributed by atoms with van der Waals surface area (Å²) in [4.78, 5) is -2.03. The normalized spacial score (nSPS) is 26.0. The maximum atomic E-state index is 13.5. The molecule has 1 heterocycles. The largest absolute Gasteiger partial charge is 0.401 e. The Morgan fingerprint density at radius 3 is 2.11 bits per heavy atom. The Morgan fingerprint density at radius 1 is 1.15 bits per heavy atom. The quantitative estimate of drug-likeness (QED) is 0.670. The average molecular weight is 428 g/mol. The van der Waals surface area contributed by atoms with E-state index < -0.39 is 59.3 Å². The molecule has 1 unspecified atom stereocenters. The third kappa shape index (κ3) is 5.21. The molecule has 1 fully saturated rings. The van der Waals surface area contributed by atoms with Gasteiger partial charge in [-0.15, -0.1) is 0 Å². The molecular weight excluding hydrogens is 405 g/mol. The van der Waals surface area contributed by atoms with E-state index in [1.54, 1.807) is 0 Å². The first kappa shape index (κ1) is 22.1. The van der Waals surface area contributed by atoms with E-state index in [0.29, 0.717) is 12.8 Å². The van der Waals surface area contributed by atoms with Gasteiger partial charge >= 0.3 is 6.18 Å². The molecule has 0 aromatic heterocycles. The van der Waals surface area contributed by atoms with Crippen LogP contribution < -0.4 is 10.0 Å². The number of hydrogen-bond donors (Lipinski definition) is 2. The van der Waals surface area contributed by atoms with Gasteiger partial charge in [0, 0.05) is 17.1 Å². The molecular formula is C16H23F3N2O4S2. The summed E-state index contributed by atoms with van der Waals surface area (Å²) in [5.41, 5.74) is -0.847. The van der Waals surface area contributed by atoms with E-state index in [2.05, 4.69) is 10.0 Å². The van der Waals surface area contributed by atoms with Gasteiger partial charge in [-0.1, -0.05) is 6.08 Å². The lowest BCUT2D eigenvalue weighted by Crippen LogP contribution is -2.62. The summed E-state index contributed by atoms with van der Waals surface area (Å²) in [5, 5.41) is 3.36. The molecule has 2 N–H and O–H groups in total. The first-order valence-electron chi connectivity index (χ1n) is 8.27. The number of allylic oxidation sites excluding steroid dienone is 4. The Kier molecular flexibility index (Phi) is 5.75. The number of rotatable bonds is 3. The molecule has 2 rings (SSSR count). The number of hydrogen-bond acceptors (Lipinski definition) is 5. The van der Waals surface area contributed by atoms with Crippen LogP contribution in [-0.4, -0.2) is 45.0 Å². The first-order valence-corrected chi connectivity index (χ1v) is 10.8. The van der Waals surface area contributed by atoms with E-state index in [0.717, 1.165) is 18.2 Å². The maximum absolute atomic E-state index is 13.5. The summed E-state index contributed by atoms with van der Waals surface area (Å²) in [5.74, 6) is -2.72. The Labute approximate surface area is 158 Å². The van der Waals surface area contributed by atoms with Crippen molar-refractivity contribution in [2.75, 3.05) is 0 Å². The van der Waals surface area contributed by atoms with Crippen molar-refractivity contribution in [3.63, 3.8) is 0 Å². The van der Waals surface area contributed by atoms with Crippen molar-refractivity contribution in [2.45, 2.75) is 63.8 Å². The number of piperidine rings is 1. The predicted molar refractivity (Wildman–Crippen MR) is 97.1 cm³/mol. The van der Waals surface area contributed by atoms with Gasteiger partial charge in [0.15, 0.2) is 0 Å². The molecule has 1 aliphatic heterocycles. The molecule has 1 aliphatic carbocycles. The average Bonchev–Trinajstić information content (AvgIpc) is 2.41. The van der Waals surface area contributed by atoms with E-state index in [9.17, 15) is 30.0 Å². The van der Waals surface area contributed by atoms with Crippen LogP contribution in [0.3, 0.4) is 0 Å². The zero-order valence-electron chi connectivity index (χ0n) is 15.4. The molecule has 0 spiro atoms. The molecule has 0 amide bonds. The lowest BCUT2D eigenvalue weighted by molar-refractivity contribution is -0.144. The Hall–Kier alpha value is -1.17. The summed E-state index contributed by atoms with van der Waals surface area (Å²) < 4.78 is 90.7. The topological polar surface area (TPSA) is 92.3 Å². The van der Waals surface area contributed by atoms with Gasteiger partial charge in [-0.3, -0.25) is 0 Å². The molecule has 27 heavy (non-hydrogen) atoms. The van der Waals surface area contributed by atoms with Crippen LogP contribution in [0, 0.1) is 5.92 Å². The summed E-state index contributed by atoms with van der Waals surface area (Å²) in [6.45, 7) is 7.51. The second-order valence-corrected chi connectivity index (χ2v) is 10.8. The van der Waals surface area contributed by atoms with Crippen LogP contribution in [0.25, 0.3) is 0 Å². The highest BCUT2D eigenvalue weighted by Gasteiger charge is 2.50. The van der Waals surface area contributed by atoms with Crippen molar-refractivity contribution in [1.29, 1.82) is 0 Å². The highest BCUT2D eigenvalue weighted by atomic mass is 32.2. The summed E-state index contributed by atoms with van der Waals surface area (Å²) in [7, 11) is -7.76. The molecule has 0 aromatic rings. The fourth-order valence-corrected chi connectivity index (χ4v) is 6.27. The lowest BCUT2D eigenvalue weighted by atomic mass is 9.80. The Balaban J connectivity index is 2.42. The SMILES string of the molecule is CC1(C)CC(NS(=O)(=O)C2=CC=CC(=S(=O)=O)C2C(F)(F)F)CC(C)(C)N1. The molecule has 1 saturated heterocycles. The maximum Gasteiger partial charge on any atom is 0.401 e. The van der Waals surface area contributed by atoms with Crippen LogP contribution in [0.4, 0.5) is 13.2 Å². The number of alkyl halides is 3. The summed E-state index contributed by atoms with van der Waals surface area (Å²) in [6, 6.07) is -0.594. The molecule has 0 saturated carbocycles. The van der Waals surface area contributed by atoms with Gasteiger partial charge < -0.3 is 5.32 Å². The van der Waals surface area contributed by atoms with Crippen molar-refractivity contribution < 1.29 is 30.0 Å². The molecule has 1 atom stereocenters. The third-order valence-electron chi connectivity index (χ3n) is 4.43. The van der Waals surface area contributed by atoms with Crippen molar-refractivity contribution in [3.05, 3.63) is 23.1 Å². The van der Waals surface area contributed by atoms with Gasteiger partial charge in [0.1, 0.15) is 5.92 Å². The fraction of sp³-hybridized carbons (Fsp3) is 0.688. The minimum absolute atomic E-state index is 0.375. The van der Waals surface area contributed by atoms with Crippen molar-refractivity contribution in [1.82, 2.24) is 10.0 Å². The van der Waals surface area contributed by atoms with E-state index in [1.165, 1.54) is 0 Å². The van der Waals surface area contributed by atoms with Crippen LogP contribution in [0.2, 0.25) is 0 Å². The molecule has 0 radical (unpaired) electrons. The van der Waals surface area contributed by atoms with Crippen LogP contribution in [0.5, 0.6) is 0 Å². The van der Waals surface area contributed by atoms with E-state index >= 15 is 0 Å². The van der Waals surface area contributed by atoms with Crippen LogP contribution in [-0.2, 0) is 20.3 Å². The van der Waals surface area contributed by atoms with Crippen LogP contribution in [0.15, 0.2) is 23.1 Å². The van der Waals surface area contributed by atoms with Gasteiger partial charge in [-0.2, -0.15) is 21.6 Å². The molecule has 154 valence electrons. The fourth-order valence-electron chi connectivity index (χ4n) is 3.98. The molecule has 0 aromatic carbocycles. The molecule has 2 aliphatic rings. The summed E-state index contributed by atoms with van der Waals surface area (Å²) >= 11 is 0. The van der Waals surface area contributed by atoms with E-state index in [1.807, 2.05) is 27.7 Å². The zero-order chi connectivity index (χ0) is 20.8. The van der Waals surface area contributed by atoms with Gasteiger partial charge in [-0.05, 0) is 52.7 Å². The van der Waals surface area contributed by atoms with E-state index in [-0.39, 0.29) is 0 Å². The van der Waals surface area contributed by atoms with Crippen molar-refractivity contribution in [3.8, 4) is 0 Å². The minimum atomic E-state index is -5.06. The van der Waals surface area contributed by atoms with Gasteiger partial charge in [0.2, 0.25) is 20.3 Å². The highest BCUT2D eigenvalue weighted by Crippen LogP contribution is 2.38. The molecule has 0 bridgehead atoms. The first-order chi connectivity index (χ1) is 12.0. The minimum Gasteiger partial charge on any atom is -0.307 e.